The molecule has 0 bridgehead atoms. The van der Waals surface area contributed by atoms with Gasteiger partial charge in [-0.2, -0.15) is 0 Å². The molecule has 106 valence electrons. The average molecular weight is 272 g/mol. The standard InChI is InChI=1S/C16H20N2O2/c1-4-9-17-14(19)16(7-8-16)15(20)18-13-10-11(2)5-6-12(13)3/h4-6,10H,1,7-9H2,2-3H3,(H,17,19)(H,18,20). The molecule has 0 spiro atoms. The molecular formula is C16H20N2O2. The topological polar surface area (TPSA) is 58.2 Å². The SMILES string of the molecule is C=CCNC(=O)C1(C(=O)Nc2cc(C)ccc2C)CC1. The molecule has 4 nitrogen and oxygen atoms in total. The Hall–Kier alpha value is -2.10. The second-order valence-electron chi connectivity index (χ2n) is 5.35. The minimum Gasteiger partial charge on any atom is -0.352 e. The first kappa shape index (κ1) is 14.3. The largest absolute Gasteiger partial charge is 0.352 e. The van der Waals surface area contributed by atoms with E-state index in [4.69, 9.17) is 0 Å². The van der Waals surface area contributed by atoms with E-state index < -0.39 is 5.41 Å². The van der Waals surface area contributed by atoms with Gasteiger partial charge in [-0.1, -0.05) is 18.2 Å². The second kappa shape index (κ2) is 5.49. The summed E-state index contributed by atoms with van der Waals surface area (Å²) in [5, 5.41) is 5.60. The van der Waals surface area contributed by atoms with Gasteiger partial charge >= 0.3 is 0 Å². The van der Waals surface area contributed by atoms with Gasteiger partial charge in [0.25, 0.3) is 0 Å². The zero-order valence-electron chi connectivity index (χ0n) is 12.0. The third-order valence-electron chi connectivity index (χ3n) is 3.67. The Balaban J connectivity index is 2.10. The van der Waals surface area contributed by atoms with Gasteiger partial charge in [0.15, 0.2) is 0 Å². The molecule has 0 saturated heterocycles. The number of aryl methyl sites for hydroxylation is 2. The Labute approximate surface area is 119 Å². The fourth-order valence-corrected chi connectivity index (χ4v) is 2.13. The summed E-state index contributed by atoms with van der Waals surface area (Å²) in [7, 11) is 0. The molecule has 1 saturated carbocycles. The number of anilines is 1. The van der Waals surface area contributed by atoms with Gasteiger partial charge in [-0.25, -0.2) is 0 Å². The van der Waals surface area contributed by atoms with E-state index in [0.717, 1.165) is 16.8 Å². The zero-order valence-corrected chi connectivity index (χ0v) is 12.0. The number of hydrogen-bond acceptors (Lipinski definition) is 2. The van der Waals surface area contributed by atoms with Crippen molar-refractivity contribution in [3.05, 3.63) is 42.0 Å². The second-order valence-corrected chi connectivity index (χ2v) is 5.35. The third kappa shape index (κ3) is 2.74. The summed E-state index contributed by atoms with van der Waals surface area (Å²) in [6.07, 6.45) is 2.82. The average Bonchev–Trinajstić information content (AvgIpc) is 3.21. The van der Waals surface area contributed by atoms with E-state index in [1.54, 1.807) is 6.08 Å². The van der Waals surface area contributed by atoms with Crippen LogP contribution in [0, 0.1) is 19.3 Å². The van der Waals surface area contributed by atoms with Crippen molar-refractivity contribution < 1.29 is 9.59 Å². The molecule has 1 aromatic rings. The van der Waals surface area contributed by atoms with Gasteiger partial charge in [0.2, 0.25) is 11.8 Å². The molecule has 1 fully saturated rings. The Morgan fingerprint density at radius 1 is 1.30 bits per heavy atom. The summed E-state index contributed by atoms with van der Waals surface area (Å²) in [5.74, 6) is -0.423. The molecule has 2 rings (SSSR count). The van der Waals surface area contributed by atoms with Crippen LogP contribution in [-0.2, 0) is 9.59 Å². The lowest BCUT2D eigenvalue weighted by Gasteiger charge is -2.16. The highest BCUT2D eigenvalue weighted by molar-refractivity contribution is 6.13. The molecule has 0 heterocycles. The first-order chi connectivity index (χ1) is 9.49. The van der Waals surface area contributed by atoms with Gasteiger partial charge in [-0.15, -0.1) is 6.58 Å². The zero-order chi connectivity index (χ0) is 14.8. The summed E-state index contributed by atoms with van der Waals surface area (Å²) in [6, 6.07) is 5.88. The number of carbonyl (C=O) groups excluding carboxylic acids is 2. The Bertz CT molecular complexity index is 560. The van der Waals surface area contributed by atoms with E-state index in [9.17, 15) is 9.59 Å². The highest BCUT2D eigenvalue weighted by Crippen LogP contribution is 2.47. The van der Waals surface area contributed by atoms with Gasteiger partial charge in [0, 0.05) is 12.2 Å². The Kier molecular flexibility index (Phi) is 3.93. The fourth-order valence-electron chi connectivity index (χ4n) is 2.13. The third-order valence-corrected chi connectivity index (χ3v) is 3.67. The van der Waals surface area contributed by atoms with Crippen molar-refractivity contribution in [1.29, 1.82) is 0 Å². The minimum absolute atomic E-state index is 0.208. The van der Waals surface area contributed by atoms with Crippen LogP contribution in [0.1, 0.15) is 24.0 Å². The smallest absolute Gasteiger partial charge is 0.240 e. The van der Waals surface area contributed by atoms with Crippen molar-refractivity contribution in [3.63, 3.8) is 0 Å². The molecule has 1 aromatic carbocycles. The number of benzene rings is 1. The van der Waals surface area contributed by atoms with E-state index >= 15 is 0 Å². The van der Waals surface area contributed by atoms with E-state index in [1.807, 2.05) is 32.0 Å². The molecule has 1 aliphatic carbocycles. The van der Waals surface area contributed by atoms with Crippen LogP contribution in [0.2, 0.25) is 0 Å². The summed E-state index contributed by atoms with van der Waals surface area (Å²) in [5.41, 5.74) is 1.95. The summed E-state index contributed by atoms with van der Waals surface area (Å²) in [4.78, 5) is 24.4. The highest BCUT2D eigenvalue weighted by Gasteiger charge is 2.56. The fraction of sp³-hybridized carbons (Fsp3) is 0.375. The molecule has 0 radical (unpaired) electrons. The summed E-state index contributed by atoms with van der Waals surface area (Å²) < 4.78 is 0. The minimum atomic E-state index is -0.890. The summed E-state index contributed by atoms with van der Waals surface area (Å²) >= 11 is 0. The molecule has 0 unspecified atom stereocenters. The molecule has 2 N–H and O–H groups in total. The maximum absolute atomic E-state index is 12.4. The van der Waals surface area contributed by atoms with Crippen LogP contribution in [0.25, 0.3) is 0 Å². The van der Waals surface area contributed by atoms with Gasteiger partial charge in [-0.05, 0) is 43.9 Å². The number of hydrogen-bond donors (Lipinski definition) is 2. The molecule has 0 aliphatic heterocycles. The van der Waals surface area contributed by atoms with Crippen LogP contribution in [-0.4, -0.2) is 18.4 Å². The molecule has 2 amide bonds. The molecule has 1 aliphatic rings. The van der Waals surface area contributed by atoms with Crippen molar-refractivity contribution in [2.75, 3.05) is 11.9 Å². The first-order valence-corrected chi connectivity index (χ1v) is 6.77. The van der Waals surface area contributed by atoms with E-state index in [0.29, 0.717) is 19.4 Å². The van der Waals surface area contributed by atoms with Crippen LogP contribution in [0.5, 0.6) is 0 Å². The predicted octanol–water partition coefficient (Wildman–Crippen LogP) is 2.32. The van der Waals surface area contributed by atoms with Crippen LogP contribution < -0.4 is 10.6 Å². The number of amides is 2. The molecule has 4 heteroatoms. The van der Waals surface area contributed by atoms with Gasteiger partial charge in [-0.3, -0.25) is 9.59 Å². The lowest BCUT2D eigenvalue weighted by molar-refractivity contribution is -0.134. The van der Waals surface area contributed by atoms with Crippen molar-refractivity contribution in [2.24, 2.45) is 5.41 Å². The normalized spacial score (nSPS) is 15.3. The first-order valence-electron chi connectivity index (χ1n) is 6.77. The van der Waals surface area contributed by atoms with E-state index in [2.05, 4.69) is 17.2 Å². The van der Waals surface area contributed by atoms with Gasteiger partial charge in [0.05, 0.1) is 0 Å². The Morgan fingerprint density at radius 2 is 2.00 bits per heavy atom. The molecule has 0 atom stereocenters. The van der Waals surface area contributed by atoms with Crippen LogP contribution in [0.15, 0.2) is 30.9 Å². The maximum Gasteiger partial charge on any atom is 0.240 e. The highest BCUT2D eigenvalue weighted by atomic mass is 16.2. The number of rotatable bonds is 5. The molecule has 0 aromatic heterocycles. The Morgan fingerprint density at radius 3 is 2.60 bits per heavy atom. The van der Waals surface area contributed by atoms with Crippen LogP contribution in [0.3, 0.4) is 0 Å². The molecule has 20 heavy (non-hydrogen) atoms. The van der Waals surface area contributed by atoms with Crippen LogP contribution in [0.4, 0.5) is 5.69 Å². The van der Waals surface area contributed by atoms with E-state index in [1.165, 1.54) is 0 Å². The lowest BCUT2D eigenvalue weighted by atomic mass is 10.0. The quantitative estimate of drug-likeness (QED) is 0.638. The predicted molar refractivity (Wildman–Crippen MR) is 79.4 cm³/mol. The van der Waals surface area contributed by atoms with Gasteiger partial charge < -0.3 is 10.6 Å². The van der Waals surface area contributed by atoms with Crippen molar-refractivity contribution in [1.82, 2.24) is 5.32 Å². The maximum atomic E-state index is 12.4. The number of carbonyl (C=O) groups is 2. The van der Waals surface area contributed by atoms with Crippen molar-refractivity contribution in [3.8, 4) is 0 Å². The molecular weight excluding hydrogens is 252 g/mol. The number of nitrogens with one attached hydrogen (secondary N) is 2. The lowest BCUT2D eigenvalue weighted by Crippen LogP contribution is -2.40. The monoisotopic (exact) mass is 272 g/mol. The van der Waals surface area contributed by atoms with E-state index in [-0.39, 0.29) is 11.8 Å². The van der Waals surface area contributed by atoms with Gasteiger partial charge in [0.1, 0.15) is 5.41 Å². The van der Waals surface area contributed by atoms with Crippen molar-refractivity contribution in [2.45, 2.75) is 26.7 Å². The van der Waals surface area contributed by atoms with Crippen LogP contribution >= 0.6 is 0 Å². The van der Waals surface area contributed by atoms with Crippen molar-refractivity contribution >= 4 is 17.5 Å². The summed E-state index contributed by atoms with van der Waals surface area (Å²) in [6.45, 7) is 7.85.